The second-order valence-corrected chi connectivity index (χ2v) is 8.00. The van der Waals surface area contributed by atoms with Gasteiger partial charge in [0.05, 0.1) is 11.4 Å². The van der Waals surface area contributed by atoms with Crippen molar-refractivity contribution in [3.05, 3.63) is 59.2 Å². The number of benzene rings is 2. The maximum Gasteiger partial charge on any atom is 0.275 e. The largest absolute Gasteiger partial charge is 0.283 e. The summed E-state index contributed by atoms with van der Waals surface area (Å²) in [5, 5.41) is 0. The van der Waals surface area contributed by atoms with Crippen molar-refractivity contribution in [3.8, 4) is 0 Å². The van der Waals surface area contributed by atoms with E-state index in [1.807, 2.05) is 50.2 Å². The molecule has 27 heavy (non-hydrogen) atoms. The Morgan fingerprint density at radius 1 is 1.11 bits per heavy atom. The molecule has 0 aromatic heterocycles. The highest BCUT2D eigenvalue weighted by atomic mass is 32.2. The Labute approximate surface area is 162 Å². The van der Waals surface area contributed by atoms with Gasteiger partial charge in [-0.2, -0.15) is 0 Å². The van der Waals surface area contributed by atoms with Crippen LogP contribution in [0.4, 0.5) is 11.4 Å². The van der Waals surface area contributed by atoms with Gasteiger partial charge in [0.15, 0.2) is 0 Å². The van der Waals surface area contributed by atoms with E-state index in [4.69, 9.17) is 0 Å². The number of hydrogen-bond acceptors (Lipinski definition) is 4. The molecule has 4 rings (SSSR count). The van der Waals surface area contributed by atoms with Crippen LogP contribution in [0.15, 0.2) is 42.5 Å². The number of nitrogens with zero attached hydrogens (tertiary/aromatic N) is 2. The standard InChI is InChI=1S/C21H20N2O3S/c1-4-18(24)22-17-8-6-5-7-16(17)21(20(22)26)23(19(25)12-27-21)15-10-9-13(2)14(3)11-15/h5-11H,4,12H2,1-3H3/t21-/m1/s1. The van der Waals surface area contributed by atoms with Crippen molar-refractivity contribution in [3.63, 3.8) is 0 Å². The number of rotatable bonds is 2. The summed E-state index contributed by atoms with van der Waals surface area (Å²) in [6.45, 7) is 5.72. The Bertz CT molecular complexity index is 987. The molecule has 0 aliphatic carbocycles. The van der Waals surface area contributed by atoms with Gasteiger partial charge in [-0.1, -0.05) is 31.2 Å². The van der Waals surface area contributed by atoms with Crippen molar-refractivity contribution in [2.45, 2.75) is 32.1 Å². The number of fused-ring (bicyclic) bond motifs is 2. The molecule has 6 heteroatoms. The first kappa shape index (κ1) is 17.8. The molecule has 0 radical (unpaired) electrons. The van der Waals surface area contributed by atoms with Crippen LogP contribution in [0.1, 0.15) is 30.0 Å². The lowest BCUT2D eigenvalue weighted by molar-refractivity contribution is -0.128. The van der Waals surface area contributed by atoms with Crippen LogP contribution in [0.2, 0.25) is 0 Å². The SMILES string of the molecule is CCC(=O)N1C(=O)[C@]2(SCC(=O)N2c2ccc(C)c(C)c2)c2ccccc21. The predicted molar refractivity (Wildman–Crippen MR) is 107 cm³/mol. The first-order valence-electron chi connectivity index (χ1n) is 8.93. The number of hydrogen-bond donors (Lipinski definition) is 0. The van der Waals surface area contributed by atoms with Crippen LogP contribution in [-0.2, 0) is 19.3 Å². The van der Waals surface area contributed by atoms with Gasteiger partial charge < -0.3 is 0 Å². The molecule has 2 heterocycles. The molecule has 5 nitrogen and oxygen atoms in total. The first-order valence-corrected chi connectivity index (χ1v) is 9.91. The number of imide groups is 1. The van der Waals surface area contributed by atoms with Crippen molar-refractivity contribution in [1.29, 1.82) is 0 Å². The van der Waals surface area contributed by atoms with Crippen molar-refractivity contribution >= 4 is 40.9 Å². The van der Waals surface area contributed by atoms with Gasteiger partial charge in [0, 0.05) is 17.7 Å². The zero-order valence-electron chi connectivity index (χ0n) is 15.5. The second-order valence-electron chi connectivity index (χ2n) is 6.84. The summed E-state index contributed by atoms with van der Waals surface area (Å²) in [5.41, 5.74) is 4.12. The minimum Gasteiger partial charge on any atom is -0.283 e. The molecule has 1 saturated heterocycles. The second kappa shape index (κ2) is 6.23. The highest BCUT2D eigenvalue weighted by Crippen LogP contribution is 2.55. The molecule has 1 spiro atoms. The monoisotopic (exact) mass is 380 g/mol. The summed E-state index contributed by atoms with van der Waals surface area (Å²) in [6, 6.07) is 13.0. The number of anilines is 2. The Hall–Kier alpha value is -2.60. The number of carbonyl (C=O) groups excluding carboxylic acids is 3. The molecular weight excluding hydrogens is 360 g/mol. The normalized spacial score (nSPS) is 21.3. The third-order valence-electron chi connectivity index (χ3n) is 5.27. The van der Waals surface area contributed by atoms with Crippen LogP contribution in [0.25, 0.3) is 0 Å². The van der Waals surface area contributed by atoms with E-state index in [1.54, 1.807) is 17.9 Å². The van der Waals surface area contributed by atoms with Crippen molar-refractivity contribution in [2.24, 2.45) is 0 Å². The molecule has 1 atom stereocenters. The van der Waals surface area contributed by atoms with Gasteiger partial charge in [-0.25, -0.2) is 4.90 Å². The average Bonchev–Trinajstić information content (AvgIpc) is 3.14. The molecule has 0 bridgehead atoms. The van der Waals surface area contributed by atoms with E-state index in [2.05, 4.69) is 0 Å². The van der Waals surface area contributed by atoms with E-state index in [9.17, 15) is 14.4 Å². The lowest BCUT2D eigenvalue weighted by Gasteiger charge is -2.33. The van der Waals surface area contributed by atoms with Gasteiger partial charge in [0.2, 0.25) is 16.7 Å². The van der Waals surface area contributed by atoms with Crippen LogP contribution in [0.3, 0.4) is 0 Å². The smallest absolute Gasteiger partial charge is 0.275 e. The first-order chi connectivity index (χ1) is 12.9. The third kappa shape index (κ3) is 2.36. The van der Waals surface area contributed by atoms with Crippen LogP contribution >= 0.6 is 11.8 Å². The molecule has 138 valence electrons. The lowest BCUT2D eigenvalue weighted by atomic mass is 10.0. The average molecular weight is 380 g/mol. The molecule has 2 aliphatic rings. The lowest BCUT2D eigenvalue weighted by Crippen LogP contribution is -2.51. The molecule has 0 N–H and O–H groups in total. The Kier molecular flexibility index (Phi) is 4.11. The quantitative estimate of drug-likeness (QED) is 0.800. The maximum atomic E-state index is 13.6. The highest BCUT2D eigenvalue weighted by Gasteiger charge is 2.62. The number of carbonyl (C=O) groups is 3. The Balaban J connectivity index is 1.95. The summed E-state index contributed by atoms with van der Waals surface area (Å²) in [6.07, 6.45) is 0.221. The van der Waals surface area contributed by atoms with Gasteiger partial charge >= 0.3 is 0 Å². The van der Waals surface area contributed by atoms with Gasteiger partial charge in [-0.05, 0) is 43.2 Å². The molecule has 0 saturated carbocycles. The summed E-state index contributed by atoms with van der Waals surface area (Å²) < 4.78 is 0. The van der Waals surface area contributed by atoms with E-state index in [1.165, 1.54) is 16.7 Å². The van der Waals surface area contributed by atoms with Gasteiger partial charge in [-0.15, -0.1) is 11.8 Å². The molecular formula is C21H20N2O3S. The van der Waals surface area contributed by atoms with E-state index in [0.717, 1.165) is 11.1 Å². The van der Waals surface area contributed by atoms with Gasteiger partial charge in [0.1, 0.15) is 0 Å². The summed E-state index contributed by atoms with van der Waals surface area (Å²) in [4.78, 5) is 40.6. The number of thioether (sulfide) groups is 1. The minimum atomic E-state index is -1.22. The van der Waals surface area contributed by atoms with Crippen molar-refractivity contribution < 1.29 is 14.4 Å². The fourth-order valence-electron chi connectivity index (χ4n) is 3.75. The van der Waals surface area contributed by atoms with Crippen molar-refractivity contribution in [1.82, 2.24) is 0 Å². The number of aryl methyl sites for hydroxylation is 2. The van der Waals surface area contributed by atoms with Crippen LogP contribution < -0.4 is 9.80 Å². The highest BCUT2D eigenvalue weighted by molar-refractivity contribution is 8.02. The molecule has 2 aromatic rings. The minimum absolute atomic E-state index is 0.128. The third-order valence-corrected chi connectivity index (χ3v) is 6.66. The molecule has 3 amide bonds. The summed E-state index contributed by atoms with van der Waals surface area (Å²) in [7, 11) is 0. The summed E-state index contributed by atoms with van der Waals surface area (Å²) >= 11 is 1.29. The number of para-hydroxylation sites is 1. The van der Waals surface area contributed by atoms with E-state index in [0.29, 0.717) is 16.9 Å². The topological polar surface area (TPSA) is 57.7 Å². The van der Waals surface area contributed by atoms with Crippen LogP contribution in [0.5, 0.6) is 0 Å². The molecule has 1 fully saturated rings. The maximum absolute atomic E-state index is 13.6. The Morgan fingerprint density at radius 2 is 1.85 bits per heavy atom. The summed E-state index contributed by atoms with van der Waals surface area (Å²) in [5.74, 6) is -0.549. The van der Waals surface area contributed by atoms with E-state index >= 15 is 0 Å². The van der Waals surface area contributed by atoms with Crippen molar-refractivity contribution in [2.75, 3.05) is 15.6 Å². The fourth-order valence-corrected chi connectivity index (χ4v) is 5.09. The zero-order chi connectivity index (χ0) is 19.3. The Morgan fingerprint density at radius 3 is 2.56 bits per heavy atom. The zero-order valence-corrected chi connectivity index (χ0v) is 16.3. The van der Waals surface area contributed by atoms with Crippen LogP contribution in [-0.4, -0.2) is 23.5 Å². The van der Waals surface area contributed by atoms with Gasteiger partial charge in [0.25, 0.3) is 5.91 Å². The van der Waals surface area contributed by atoms with Crippen LogP contribution in [0, 0.1) is 13.8 Å². The van der Waals surface area contributed by atoms with E-state index in [-0.39, 0.29) is 29.9 Å². The fraction of sp³-hybridized carbons (Fsp3) is 0.286. The predicted octanol–water partition coefficient (Wildman–Crippen LogP) is 3.52. The molecule has 0 unspecified atom stereocenters. The molecule has 2 aliphatic heterocycles. The van der Waals surface area contributed by atoms with E-state index < -0.39 is 4.87 Å². The molecule has 2 aromatic carbocycles. The van der Waals surface area contributed by atoms with Gasteiger partial charge in [-0.3, -0.25) is 19.3 Å². The number of amides is 3.